The number of ether oxygens (including phenoxy) is 1. The van der Waals surface area contributed by atoms with Gasteiger partial charge in [-0.05, 0) is 5.76 Å². The second kappa shape index (κ2) is 5.42. The molecule has 0 radical (unpaired) electrons. The van der Waals surface area contributed by atoms with Crippen LogP contribution in [0.25, 0.3) is 0 Å². The van der Waals surface area contributed by atoms with Crippen LogP contribution in [0, 0.1) is 0 Å². The van der Waals surface area contributed by atoms with Gasteiger partial charge in [0.05, 0.1) is 6.61 Å². The van der Waals surface area contributed by atoms with Gasteiger partial charge in [-0.2, -0.15) is 0 Å². The molecule has 0 saturated heterocycles. The van der Waals surface area contributed by atoms with Gasteiger partial charge in [0.2, 0.25) is 0 Å². The van der Waals surface area contributed by atoms with Crippen molar-refractivity contribution in [3.05, 3.63) is 11.5 Å². The zero-order valence-electron chi connectivity index (χ0n) is 6.93. The van der Waals surface area contributed by atoms with Crippen molar-refractivity contribution in [2.24, 2.45) is 0 Å². The predicted octanol–water partition coefficient (Wildman–Crippen LogP) is -5.60. The van der Waals surface area contributed by atoms with Crippen molar-refractivity contribution in [2.45, 2.75) is 12.2 Å². The maximum absolute atomic E-state index is 10.8. The summed E-state index contributed by atoms with van der Waals surface area (Å²) in [5, 5.41) is 36.8. The van der Waals surface area contributed by atoms with Crippen LogP contribution >= 0.6 is 0 Å². The summed E-state index contributed by atoms with van der Waals surface area (Å²) in [6, 6.07) is 0. The number of aliphatic hydroxyl groups excluding tert-OH is 3. The molecule has 6 nitrogen and oxygen atoms in total. The van der Waals surface area contributed by atoms with E-state index in [4.69, 9.17) is 15.3 Å². The van der Waals surface area contributed by atoms with Gasteiger partial charge >= 0.3 is 64.2 Å². The van der Waals surface area contributed by atoms with Crippen molar-refractivity contribution < 1.29 is 88.1 Å². The topological polar surface area (TPSA) is 110 Å². The van der Waals surface area contributed by atoms with Crippen molar-refractivity contribution in [1.29, 1.82) is 0 Å². The molecule has 13 heavy (non-hydrogen) atoms. The third-order valence-electron chi connectivity index (χ3n) is 1.46. The maximum Gasteiger partial charge on any atom is 1.00 e. The Kier molecular flexibility index (Phi) is 5.65. The second-order valence-corrected chi connectivity index (χ2v) is 2.29. The van der Waals surface area contributed by atoms with Crippen LogP contribution in [-0.4, -0.2) is 40.1 Å². The van der Waals surface area contributed by atoms with Crippen LogP contribution in [0.5, 0.6) is 0 Å². The Morgan fingerprint density at radius 3 is 2.46 bits per heavy atom. The smallest absolute Gasteiger partial charge is 0.870 e. The zero-order chi connectivity index (χ0) is 9.30. The third-order valence-corrected chi connectivity index (χ3v) is 1.46. The summed E-state index contributed by atoms with van der Waals surface area (Å²) >= 11 is 0. The third kappa shape index (κ3) is 2.74. The molecule has 2 atom stereocenters. The molecule has 0 aromatic heterocycles. The van der Waals surface area contributed by atoms with Gasteiger partial charge in [-0.25, -0.2) is 4.79 Å². The van der Waals surface area contributed by atoms with Crippen molar-refractivity contribution in [2.75, 3.05) is 6.61 Å². The quantitative estimate of drug-likeness (QED) is 0.427. The Morgan fingerprint density at radius 2 is 2.15 bits per heavy atom. The summed E-state index contributed by atoms with van der Waals surface area (Å²) < 4.78 is 4.25. The van der Waals surface area contributed by atoms with Gasteiger partial charge in [0.15, 0.2) is 5.76 Å². The molecule has 1 rings (SSSR count). The van der Waals surface area contributed by atoms with Crippen LogP contribution in [0.3, 0.4) is 0 Å². The standard InChI is InChI=1S/C6H8O6.Rb/c7-1-2(8)5-3(9)4(10)6(11)12-5;/h2,5,7-10H,1H2;/q;+1/p-1/t2-,5+;/m0./s1. The van der Waals surface area contributed by atoms with Crippen LogP contribution < -0.4 is 63.3 Å². The fourth-order valence-electron chi connectivity index (χ4n) is 0.809. The van der Waals surface area contributed by atoms with Crippen molar-refractivity contribution in [3.8, 4) is 0 Å². The van der Waals surface area contributed by atoms with E-state index in [9.17, 15) is 9.90 Å². The first-order chi connectivity index (χ1) is 5.57. The summed E-state index contributed by atoms with van der Waals surface area (Å²) in [5.41, 5.74) is 0. The van der Waals surface area contributed by atoms with E-state index in [-0.39, 0.29) is 58.2 Å². The molecule has 7 heteroatoms. The molecule has 3 N–H and O–H groups in total. The number of aliphatic hydroxyl groups is 3. The Morgan fingerprint density at radius 1 is 1.62 bits per heavy atom. The fraction of sp³-hybridized carbons (Fsp3) is 0.500. The van der Waals surface area contributed by atoms with E-state index in [1.54, 1.807) is 0 Å². The Hall–Kier alpha value is 0.535. The molecule has 0 bridgehead atoms. The van der Waals surface area contributed by atoms with Crippen molar-refractivity contribution in [3.63, 3.8) is 0 Å². The van der Waals surface area contributed by atoms with E-state index < -0.39 is 36.3 Å². The Labute approximate surface area is 123 Å². The number of carbonyl (C=O) groups is 1. The van der Waals surface area contributed by atoms with Gasteiger partial charge in [0.1, 0.15) is 12.2 Å². The molecule has 68 valence electrons. The molecular weight excluding hydrogens is 254 g/mol. The van der Waals surface area contributed by atoms with E-state index in [0.29, 0.717) is 0 Å². The molecule has 0 aromatic carbocycles. The molecule has 0 saturated carbocycles. The van der Waals surface area contributed by atoms with Gasteiger partial charge in [0, 0.05) is 0 Å². The molecule has 0 aromatic rings. The van der Waals surface area contributed by atoms with Gasteiger partial charge in [0.25, 0.3) is 0 Å². The van der Waals surface area contributed by atoms with Crippen LogP contribution in [0.15, 0.2) is 11.5 Å². The van der Waals surface area contributed by atoms with Gasteiger partial charge in [-0.15, -0.1) is 0 Å². The monoisotopic (exact) mass is 260 g/mol. The fourth-order valence-corrected chi connectivity index (χ4v) is 0.809. The van der Waals surface area contributed by atoms with Crippen LogP contribution in [0.4, 0.5) is 0 Å². The Balaban J connectivity index is 0.00000144. The van der Waals surface area contributed by atoms with E-state index in [2.05, 4.69) is 4.74 Å². The molecule has 1 aliphatic rings. The maximum atomic E-state index is 10.8. The minimum Gasteiger partial charge on any atom is -0.870 e. The van der Waals surface area contributed by atoms with Crippen LogP contribution in [0.1, 0.15) is 0 Å². The summed E-state index contributed by atoms with van der Waals surface area (Å²) in [5.74, 6) is -3.20. The first-order valence-electron chi connectivity index (χ1n) is 3.18. The second-order valence-electron chi connectivity index (χ2n) is 2.29. The zero-order valence-corrected chi connectivity index (χ0v) is 11.8. The van der Waals surface area contributed by atoms with Crippen molar-refractivity contribution in [1.82, 2.24) is 0 Å². The average Bonchev–Trinajstić information content (AvgIpc) is 2.32. The largest absolute Gasteiger partial charge is 1.00 e. The molecule has 0 unspecified atom stereocenters. The molecule has 0 amide bonds. The predicted molar refractivity (Wildman–Crippen MR) is 32.6 cm³/mol. The van der Waals surface area contributed by atoms with Crippen LogP contribution in [-0.2, 0) is 9.53 Å². The van der Waals surface area contributed by atoms with Gasteiger partial charge in [-0.3, -0.25) is 0 Å². The molecule has 0 fully saturated rings. The first-order valence-corrected chi connectivity index (χ1v) is 3.18. The molecular formula is C6H7O6Rb. The number of carbonyl (C=O) groups excluding carboxylic acids is 1. The van der Waals surface area contributed by atoms with E-state index in [1.807, 2.05) is 0 Å². The summed E-state index contributed by atoms with van der Waals surface area (Å²) in [6.07, 6.45) is -2.95. The normalized spacial score (nSPS) is 23.8. The van der Waals surface area contributed by atoms with E-state index in [0.717, 1.165) is 0 Å². The summed E-state index contributed by atoms with van der Waals surface area (Å²) in [4.78, 5) is 10.5. The SMILES string of the molecule is O=C1O[C@H]([C@@H](O)CO)C([O-])=C1O.[Rb+]. The Bertz CT molecular complexity index is 237. The van der Waals surface area contributed by atoms with Crippen molar-refractivity contribution >= 4 is 5.97 Å². The van der Waals surface area contributed by atoms with Gasteiger partial charge < -0.3 is 25.2 Å². The molecule has 0 spiro atoms. The van der Waals surface area contributed by atoms with E-state index in [1.165, 1.54) is 0 Å². The minimum atomic E-state index is -1.48. The van der Waals surface area contributed by atoms with Gasteiger partial charge in [-0.1, -0.05) is 0 Å². The summed E-state index contributed by atoms with van der Waals surface area (Å²) in [6.45, 7) is -0.711. The number of hydrogen-bond donors (Lipinski definition) is 3. The average molecular weight is 261 g/mol. The minimum absolute atomic E-state index is 0. The van der Waals surface area contributed by atoms with Crippen LogP contribution in [0.2, 0.25) is 0 Å². The molecule has 1 heterocycles. The number of rotatable bonds is 2. The number of cyclic esters (lactones) is 1. The molecule has 1 aliphatic heterocycles. The number of esters is 1. The van der Waals surface area contributed by atoms with E-state index >= 15 is 0 Å². The molecule has 0 aliphatic carbocycles. The first kappa shape index (κ1) is 13.5. The summed E-state index contributed by atoms with van der Waals surface area (Å²) in [7, 11) is 0. The number of hydrogen-bond acceptors (Lipinski definition) is 6.